The van der Waals surface area contributed by atoms with Crippen LogP contribution in [0.15, 0.2) is 35.5 Å². The molecule has 14 heteroatoms. The van der Waals surface area contributed by atoms with Gasteiger partial charge in [-0.3, -0.25) is 9.20 Å². The number of rotatable bonds is 7. The van der Waals surface area contributed by atoms with Gasteiger partial charge in [-0.15, -0.1) is 0 Å². The Balaban J connectivity index is 1.62. The van der Waals surface area contributed by atoms with Gasteiger partial charge >= 0.3 is 5.51 Å². The number of halogens is 4. The Hall–Kier alpha value is -3.70. The van der Waals surface area contributed by atoms with Gasteiger partial charge in [0.1, 0.15) is 22.6 Å². The zero-order valence-electron chi connectivity index (χ0n) is 20.7. The molecule has 1 aliphatic heterocycles. The largest absolute Gasteiger partial charge is 0.493 e. The van der Waals surface area contributed by atoms with E-state index in [-0.39, 0.29) is 52.7 Å². The number of pyridine rings is 2. The van der Waals surface area contributed by atoms with Crippen molar-refractivity contribution in [3.63, 3.8) is 0 Å². The number of alkyl halides is 4. The lowest BCUT2D eigenvalue weighted by Crippen LogP contribution is -2.29. The molecule has 3 aromatic rings. The smallest absolute Gasteiger partial charge is 0.447 e. The summed E-state index contributed by atoms with van der Waals surface area (Å²) in [5.41, 5.74) is -3.89. The van der Waals surface area contributed by atoms with E-state index in [0.29, 0.717) is 18.0 Å². The standard InChI is InChI=1S/C24H25F4N7O2S/c1-29-22(36)16-8-9-19(37-3)20(32-16)30-10-4-6-17-23(38-24(26,27)28)35-11-5-7-15(21(35)33-17)31-18-13-34(2)12-14(18)25/h5,7-9,11,14,18,31H,10,12-13H2,1-3H3,(H,29,36)(H,30,32)/t14-,18+/m0/s1. The molecule has 3 aromatic heterocycles. The normalized spacial score (nSPS) is 17.7. The Morgan fingerprint density at radius 2 is 2.05 bits per heavy atom. The van der Waals surface area contributed by atoms with Crippen LogP contribution in [0.5, 0.6) is 5.75 Å². The van der Waals surface area contributed by atoms with Crippen molar-refractivity contribution in [2.24, 2.45) is 0 Å². The molecule has 202 valence electrons. The first-order chi connectivity index (χ1) is 18.1. The third-order valence-electron chi connectivity index (χ3n) is 5.68. The van der Waals surface area contributed by atoms with Crippen LogP contribution in [0, 0.1) is 11.8 Å². The average molecular weight is 552 g/mol. The molecule has 1 amide bonds. The van der Waals surface area contributed by atoms with Crippen molar-refractivity contribution < 1.29 is 27.1 Å². The highest BCUT2D eigenvalue weighted by Crippen LogP contribution is 2.39. The van der Waals surface area contributed by atoms with Gasteiger partial charge < -0.3 is 25.6 Å². The number of imidazole rings is 1. The molecule has 1 fully saturated rings. The highest BCUT2D eigenvalue weighted by atomic mass is 32.2. The summed E-state index contributed by atoms with van der Waals surface area (Å²) in [6, 6.07) is 5.75. The van der Waals surface area contributed by atoms with Gasteiger partial charge in [0.05, 0.1) is 25.4 Å². The molecule has 1 saturated heterocycles. The summed E-state index contributed by atoms with van der Waals surface area (Å²) in [5.74, 6) is 5.66. The maximum Gasteiger partial charge on any atom is 0.447 e. The second kappa shape index (κ2) is 11.4. The number of likely N-dealkylation sites (tertiary alicyclic amines) is 1. The molecule has 3 N–H and O–H groups in total. The van der Waals surface area contributed by atoms with Crippen LogP contribution in [0.25, 0.3) is 5.65 Å². The highest BCUT2D eigenvalue weighted by Gasteiger charge is 2.34. The predicted octanol–water partition coefficient (Wildman–Crippen LogP) is 3.24. The number of carbonyl (C=O) groups is 1. The fourth-order valence-electron chi connectivity index (χ4n) is 3.98. The minimum absolute atomic E-state index is 0.0202. The topological polar surface area (TPSA) is 95.8 Å². The summed E-state index contributed by atoms with van der Waals surface area (Å²) < 4.78 is 61.1. The summed E-state index contributed by atoms with van der Waals surface area (Å²) in [4.78, 5) is 22.3. The number of hydrogen-bond donors (Lipinski definition) is 3. The predicted molar refractivity (Wildman–Crippen MR) is 136 cm³/mol. The quantitative estimate of drug-likeness (QED) is 0.234. The third-order valence-corrected chi connectivity index (χ3v) is 6.49. The first-order valence-electron chi connectivity index (χ1n) is 11.5. The van der Waals surface area contributed by atoms with E-state index in [1.54, 1.807) is 25.2 Å². The Kier molecular flexibility index (Phi) is 8.17. The number of methoxy groups -OCH3 is 1. The number of nitrogens with one attached hydrogen (secondary N) is 3. The van der Waals surface area contributed by atoms with Gasteiger partial charge in [-0.2, -0.15) is 13.2 Å². The van der Waals surface area contributed by atoms with Crippen LogP contribution in [0.1, 0.15) is 16.2 Å². The fourth-order valence-corrected chi connectivity index (χ4v) is 4.64. The van der Waals surface area contributed by atoms with Crippen molar-refractivity contribution in [2.75, 3.05) is 51.5 Å². The van der Waals surface area contributed by atoms with Crippen molar-refractivity contribution in [1.29, 1.82) is 0 Å². The van der Waals surface area contributed by atoms with Crippen molar-refractivity contribution in [2.45, 2.75) is 22.7 Å². The van der Waals surface area contributed by atoms with Gasteiger partial charge in [-0.1, -0.05) is 5.92 Å². The molecular weight excluding hydrogens is 526 g/mol. The van der Waals surface area contributed by atoms with E-state index in [4.69, 9.17) is 4.74 Å². The first kappa shape index (κ1) is 27.3. The summed E-state index contributed by atoms with van der Waals surface area (Å²) in [5, 5.41) is 8.26. The zero-order chi connectivity index (χ0) is 27.4. The van der Waals surface area contributed by atoms with Crippen LogP contribution < -0.4 is 20.7 Å². The number of carbonyl (C=O) groups excluding carboxylic acids is 1. The van der Waals surface area contributed by atoms with E-state index in [0.717, 1.165) is 0 Å². The Bertz CT molecular complexity index is 1390. The van der Waals surface area contributed by atoms with Gasteiger partial charge in [0.25, 0.3) is 5.91 Å². The molecule has 0 spiro atoms. The maximum atomic E-state index is 14.4. The van der Waals surface area contributed by atoms with Gasteiger partial charge in [0.15, 0.2) is 17.2 Å². The maximum absolute atomic E-state index is 14.4. The van der Waals surface area contributed by atoms with Crippen LogP contribution in [0.2, 0.25) is 0 Å². The Labute approximate surface area is 220 Å². The summed E-state index contributed by atoms with van der Waals surface area (Å²) in [7, 11) is 4.70. The minimum Gasteiger partial charge on any atom is -0.493 e. The lowest BCUT2D eigenvalue weighted by molar-refractivity contribution is -0.0330. The van der Waals surface area contributed by atoms with Crippen molar-refractivity contribution in [3.05, 3.63) is 41.9 Å². The molecular formula is C24H25F4N7O2S. The summed E-state index contributed by atoms with van der Waals surface area (Å²) in [6.45, 7) is 0.692. The molecule has 4 heterocycles. The van der Waals surface area contributed by atoms with Gasteiger partial charge in [-0.25, -0.2) is 14.4 Å². The molecule has 38 heavy (non-hydrogen) atoms. The first-order valence-corrected chi connectivity index (χ1v) is 12.3. The summed E-state index contributed by atoms with van der Waals surface area (Å²) in [6.07, 6.45) is 0.328. The molecule has 2 atom stereocenters. The lowest BCUT2D eigenvalue weighted by Gasteiger charge is -2.16. The zero-order valence-corrected chi connectivity index (χ0v) is 21.5. The highest BCUT2D eigenvalue weighted by molar-refractivity contribution is 8.00. The number of nitrogens with zero attached hydrogens (tertiary/aromatic N) is 4. The molecule has 4 rings (SSSR count). The van der Waals surface area contributed by atoms with Crippen LogP contribution in [-0.4, -0.2) is 83.7 Å². The van der Waals surface area contributed by atoms with Crippen molar-refractivity contribution in [3.8, 4) is 17.6 Å². The van der Waals surface area contributed by atoms with Gasteiger partial charge in [-0.05, 0) is 37.2 Å². The minimum atomic E-state index is -4.58. The number of amides is 1. The molecule has 0 aromatic carbocycles. The van der Waals surface area contributed by atoms with E-state index in [9.17, 15) is 22.4 Å². The molecule has 1 aliphatic rings. The van der Waals surface area contributed by atoms with Crippen molar-refractivity contribution >= 4 is 34.8 Å². The van der Waals surface area contributed by atoms with E-state index < -0.39 is 23.6 Å². The van der Waals surface area contributed by atoms with E-state index in [1.807, 2.05) is 4.90 Å². The Morgan fingerprint density at radius 3 is 2.71 bits per heavy atom. The van der Waals surface area contributed by atoms with E-state index >= 15 is 0 Å². The van der Waals surface area contributed by atoms with Crippen molar-refractivity contribution in [1.82, 2.24) is 24.6 Å². The van der Waals surface area contributed by atoms with E-state index in [1.165, 1.54) is 30.8 Å². The van der Waals surface area contributed by atoms with Crippen LogP contribution in [0.4, 0.5) is 29.1 Å². The second-order valence-electron chi connectivity index (χ2n) is 8.40. The summed E-state index contributed by atoms with van der Waals surface area (Å²) >= 11 is -0.325. The van der Waals surface area contributed by atoms with Gasteiger partial charge in [0.2, 0.25) is 0 Å². The molecule has 0 radical (unpaired) electrons. The average Bonchev–Trinajstić information content (AvgIpc) is 3.38. The van der Waals surface area contributed by atoms with Crippen LogP contribution in [0.3, 0.4) is 0 Å². The molecule has 0 bridgehead atoms. The second-order valence-corrected chi connectivity index (χ2v) is 9.45. The van der Waals surface area contributed by atoms with Crippen LogP contribution in [-0.2, 0) is 0 Å². The molecule has 0 saturated carbocycles. The molecule has 0 aliphatic carbocycles. The van der Waals surface area contributed by atoms with Crippen LogP contribution >= 0.6 is 11.8 Å². The lowest BCUT2D eigenvalue weighted by atomic mass is 10.2. The third kappa shape index (κ3) is 6.22. The number of aromatic nitrogens is 3. The Morgan fingerprint density at radius 1 is 1.26 bits per heavy atom. The monoisotopic (exact) mass is 551 g/mol. The number of anilines is 2. The molecule has 0 unspecified atom stereocenters. The number of hydrogen-bond acceptors (Lipinski definition) is 8. The molecule has 9 nitrogen and oxygen atoms in total. The number of fused-ring (bicyclic) bond motifs is 1. The number of likely N-dealkylation sites (N-methyl/N-ethyl adjacent to an activating group) is 1. The van der Waals surface area contributed by atoms with Gasteiger partial charge in [0, 0.05) is 38.1 Å². The number of thioether (sulfide) groups is 1. The number of ether oxygens (including phenoxy) is 1. The fraction of sp³-hybridized carbons (Fsp3) is 0.375. The SMILES string of the molecule is CNC(=O)c1ccc(OC)c(NCC#Cc2nc3c(N[C@@H]4CN(C)C[C@@H]4F)cccn3c2SC(F)(F)F)n1. The van der Waals surface area contributed by atoms with E-state index in [2.05, 4.69) is 37.8 Å².